The zero-order valence-corrected chi connectivity index (χ0v) is 14.7. The first-order chi connectivity index (χ1) is 12.3. The number of methoxy groups -OCH3 is 1. The Bertz CT molecular complexity index is 714. The molecule has 3 aromatic carbocycles. The predicted molar refractivity (Wildman–Crippen MR) is 104 cm³/mol. The van der Waals surface area contributed by atoms with E-state index in [1.807, 2.05) is 12.1 Å². The third-order valence-electron chi connectivity index (χ3n) is 4.42. The Morgan fingerprint density at radius 3 is 1.80 bits per heavy atom. The van der Waals surface area contributed by atoms with E-state index in [2.05, 4.69) is 78.1 Å². The number of nitrogens with one attached hydrogen (secondary N) is 1. The number of hydrogen-bond donors (Lipinski definition) is 1. The van der Waals surface area contributed by atoms with E-state index in [9.17, 15) is 0 Å². The Morgan fingerprint density at radius 1 is 0.720 bits per heavy atom. The zero-order chi connectivity index (χ0) is 17.3. The first-order valence-electron chi connectivity index (χ1n) is 8.78. The van der Waals surface area contributed by atoms with Crippen molar-refractivity contribution in [1.82, 2.24) is 5.32 Å². The second-order valence-electron chi connectivity index (χ2n) is 6.27. The van der Waals surface area contributed by atoms with E-state index >= 15 is 0 Å². The summed E-state index contributed by atoms with van der Waals surface area (Å²) in [4.78, 5) is 0. The normalized spacial score (nSPS) is 10.8. The van der Waals surface area contributed by atoms with Gasteiger partial charge >= 0.3 is 0 Å². The molecule has 0 fully saturated rings. The summed E-state index contributed by atoms with van der Waals surface area (Å²) in [6.45, 7) is 0.800. The third-order valence-corrected chi connectivity index (χ3v) is 4.42. The Balaban J connectivity index is 1.71. The van der Waals surface area contributed by atoms with E-state index in [0.29, 0.717) is 6.04 Å². The molecule has 3 rings (SSSR count). The largest absolute Gasteiger partial charge is 0.496 e. The van der Waals surface area contributed by atoms with E-state index in [1.54, 1.807) is 7.11 Å². The fraction of sp³-hybridized carbons (Fsp3) is 0.217. The minimum atomic E-state index is 0.370. The van der Waals surface area contributed by atoms with Crippen molar-refractivity contribution in [1.29, 1.82) is 0 Å². The molecule has 0 bridgehead atoms. The van der Waals surface area contributed by atoms with Crippen LogP contribution in [0, 0.1) is 0 Å². The van der Waals surface area contributed by atoms with Crippen LogP contribution in [0.5, 0.6) is 5.75 Å². The molecule has 0 saturated heterocycles. The van der Waals surface area contributed by atoms with Crippen LogP contribution in [0.2, 0.25) is 0 Å². The first-order valence-corrected chi connectivity index (χ1v) is 8.78. The average molecular weight is 331 g/mol. The fourth-order valence-electron chi connectivity index (χ4n) is 3.12. The fourth-order valence-corrected chi connectivity index (χ4v) is 3.12. The van der Waals surface area contributed by atoms with Gasteiger partial charge in [-0.3, -0.25) is 0 Å². The standard InChI is InChI=1S/C23H25NO/c1-25-23-15-9-8-14-21(23)18-24-22(16-19-10-4-2-5-11-19)17-20-12-6-3-7-13-20/h2-15,22,24H,16-18H2,1H3. The lowest BCUT2D eigenvalue weighted by atomic mass is 9.98. The quantitative estimate of drug-likeness (QED) is 0.649. The van der Waals surface area contributed by atoms with Crippen molar-refractivity contribution in [2.45, 2.75) is 25.4 Å². The molecule has 0 aliphatic rings. The number of benzene rings is 3. The number of hydrogen-bond acceptors (Lipinski definition) is 2. The van der Waals surface area contributed by atoms with Gasteiger partial charge in [0.05, 0.1) is 7.11 Å². The maximum atomic E-state index is 5.47. The van der Waals surface area contributed by atoms with Gasteiger partial charge in [-0.1, -0.05) is 78.9 Å². The maximum absolute atomic E-state index is 5.47. The Labute approximate surface area is 150 Å². The summed E-state index contributed by atoms with van der Waals surface area (Å²) >= 11 is 0. The molecule has 0 aliphatic carbocycles. The molecular formula is C23H25NO. The van der Waals surface area contributed by atoms with Gasteiger partial charge in [0.15, 0.2) is 0 Å². The molecule has 0 heterocycles. The number of para-hydroxylation sites is 1. The second-order valence-corrected chi connectivity index (χ2v) is 6.27. The first kappa shape index (κ1) is 17.2. The monoisotopic (exact) mass is 331 g/mol. The molecule has 128 valence electrons. The molecule has 0 saturated carbocycles. The van der Waals surface area contributed by atoms with Gasteiger partial charge in [0.1, 0.15) is 5.75 Å². The van der Waals surface area contributed by atoms with Crippen LogP contribution < -0.4 is 10.1 Å². The molecule has 0 aliphatic heterocycles. The van der Waals surface area contributed by atoms with Crippen molar-refractivity contribution in [3.05, 3.63) is 102 Å². The molecule has 2 heteroatoms. The zero-order valence-electron chi connectivity index (χ0n) is 14.7. The molecule has 3 aromatic rings. The summed E-state index contributed by atoms with van der Waals surface area (Å²) in [5.41, 5.74) is 3.91. The molecule has 2 nitrogen and oxygen atoms in total. The summed E-state index contributed by atoms with van der Waals surface area (Å²) in [5.74, 6) is 0.938. The van der Waals surface area contributed by atoms with Crippen LogP contribution >= 0.6 is 0 Å². The highest BCUT2D eigenvalue weighted by Crippen LogP contribution is 2.18. The molecule has 25 heavy (non-hydrogen) atoms. The maximum Gasteiger partial charge on any atom is 0.123 e. The van der Waals surface area contributed by atoms with Crippen LogP contribution in [0.1, 0.15) is 16.7 Å². The summed E-state index contributed by atoms with van der Waals surface area (Å²) in [6, 6.07) is 29.9. The molecule has 0 aromatic heterocycles. The van der Waals surface area contributed by atoms with E-state index in [-0.39, 0.29) is 0 Å². The van der Waals surface area contributed by atoms with Crippen molar-refractivity contribution in [2.24, 2.45) is 0 Å². The van der Waals surface area contributed by atoms with E-state index in [1.165, 1.54) is 16.7 Å². The van der Waals surface area contributed by atoms with Crippen molar-refractivity contribution in [2.75, 3.05) is 7.11 Å². The topological polar surface area (TPSA) is 21.3 Å². The SMILES string of the molecule is COc1ccccc1CNC(Cc1ccccc1)Cc1ccccc1. The molecule has 0 amide bonds. The summed E-state index contributed by atoms with van der Waals surface area (Å²) in [5, 5.41) is 3.73. The van der Waals surface area contributed by atoms with Gasteiger partial charge in [0.2, 0.25) is 0 Å². The van der Waals surface area contributed by atoms with Gasteiger partial charge in [-0.05, 0) is 30.0 Å². The van der Waals surface area contributed by atoms with E-state index in [0.717, 1.165) is 25.1 Å². The third kappa shape index (κ3) is 5.20. The van der Waals surface area contributed by atoms with Gasteiger partial charge in [-0.2, -0.15) is 0 Å². The van der Waals surface area contributed by atoms with Gasteiger partial charge < -0.3 is 10.1 Å². The van der Waals surface area contributed by atoms with Gasteiger partial charge in [0.25, 0.3) is 0 Å². The lowest BCUT2D eigenvalue weighted by Gasteiger charge is -2.20. The lowest BCUT2D eigenvalue weighted by molar-refractivity contribution is 0.404. The van der Waals surface area contributed by atoms with Crippen LogP contribution in [0.4, 0.5) is 0 Å². The summed E-state index contributed by atoms with van der Waals surface area (Å²) in [6.07, 6.45) is 2.01. The van der Waals surface area contributed by atoms with E-state index in [4.69, 9.17) is 4.74 Å². The molecule has 0 spiro atoms. The molecular weight excluding hydrogens is 306 g/mol. The van der Waals surface area contributed by atoms with Crippen LogP contribution in [0.25, 0.3) is 0 Å². The van der Waals surface area contributed by atoms with Gasteiger partial charge in [-0.25, -0.2) is 0 Å². The van der Waals surface area contributed by atoms with Crippen molar-refractivity contribution in [3.8, 4) is 5.75 Å². The van der Waals surface area contributed by atoms with Crippen LogP contribution in [-0.4, -0.2) is 13.2 Å². The van der Waals surface area contributed by atoms with Crippen LogP contribution in [0.15, 0.2) is 84.9 Å². The Morgan fingerprint density at radius 2 is 1.24 bits per heavy atom. The van der Waals surface area contributed by atoms with Crippen molar-refractivity contribution >= 4 is 0 Å². The Hall–Kier alpha value is -2.58. The minimum Gasteiger partial charge on any atom is -0.496 e. The van der Waals surface area contributed by atoms with Crippen molar-refractivity contribution < 1.29 is 4.74 Å². The number of rotatable bonds is 8. The highest BCUT2D eigenvalue weighted by atomic mass is 16.5. The predicted octanol–water partition coefficient (Wildman–Crippen LogP) is 4.64. The van der Waals surface area contributed by atoms with Crippen LogP contribution in [-0.2, 0) is 19.4 Å². The highest BCUT2D eigenvalue weighted by Gasteiger charge is 2.12. The minimum absolute atomic E-state index is 0.370. The van der Waals surface area contributed by atoms with E-state index < -0.39 is 0 Å². The van der Waals surface area contributed by atoms with Gasteiger partial charge in [0, 0.05) is 18.2 Å². The second kappa shape index (κ2) is 9.05. The summed E-state index contributed by atoms with van der Waals surface area (Å²) in [7, 11) is 1.73. The average Bonchev–Trinajstić information content (AvgIpc) is 2.68. The molecule has 0 atom stereocenters. The molecule has 1 N–H and O–H groups in total. The Kier molecular flexibility index (Phi) is 6.24. The highest BCUT2D eigenvalue weighted by molar-refractivity contribution is 5.33. The number of ether oxygens (including phenoxy) is 1. The smallest absolute Gasteiger partial charge is 0.123 e. The lowest BCUT2D eigenvalue weighted by Crippen LogP contribution is -2.33. The van der Waals surface area contributed by atoms with Crippen LogP contribution in [0.3, 0.4) is 0 Å². The molecule has 0 unspecified atom stereocenters. The van der Waals surface area contributed by atoms with Gasteiger partial charge in [-0.15, -0.1) is 0 Å². The van der Waals surface area contributed by atoms with Crippen molar-refractivity contribution in [3.63, 3.8) is 0 Å². The summed E-state index contributed by atoms with van der Waals surface area (Å²) < 4.78 is 5.47. The molecule has 0 radical (unpaired) electrons.